The molecule has 0 spiro atoms. The van der Waals surface area contributed by atoms with Gasteiger partial charge in [-0.3, -0.25) is 0 Å². The van der Waals surface area contributed by atoms with Crippen LogP contribution < -0.4 is 0 Å². The van der Waals surface area contributed by atoms with E-state index in [-0.39, 0.29) is 12.8 Å². The number of rotatable bonds is 5. The molecule has 0 unspecified atom stereocenters. The molecular weight excluding hydrogens is 207 g/mol. The predicted octanol–water partition coefficient (Wildman–Crippen LogP) is 0.438. The minimum atomic E-state index is -4.07. The van der Waals surface area contributed by atoms with Crippen LogP contribution in [0.4, 0.5) is 0 Å². The van der Waals surface area contributed by atoms with Gasteiger partial charge in [-0.1, -0.05) is 0 Å². The molecule has 0 bridgehead atoms. The maximum atomic E-state index is 11.3. The van der Waals surface area contributed by atoms with E-state index in [1.54, 1.807) is 13.8 Å². The van der Waals surface area contributed by atoms with Crippen molar-refractivity contribution in [3.63, 3.8) is 0 Å². The molecule has 0 amide bonds. The van der Waals surface area contributed by atoms with Gasteiger partial charge in [-0.2, -0.15) is 0 Å². The molecule has 3 N–H and O–H groups in total. The van der Waals surface area contributed by atoms with E-state index in [0.717, 1.165) is 0 Å². The Labute approximate surface area is 84.3 Å². The number of hydrogen-bond donors (Lipinski definition) is 3. The van der Waals surface area contributed by atoms with Crippen LogP contribution in [0.5, 0.6) is 0 Å². The molecule has 86 valence electrons. The van der Waals surface area contributed by atoms with Crippen LogP contribution in [-0.4, -0.2) is 33.4 Å². The Balaban J connectivity index is 3.87. The molecular formula is C8H19O5P. The molecule has 14 heavy (non-hydrogen) atoms. The van der Waals surface area contributed by atoms with Gasteiger partial charge in [0.1, 0.15) is 0 Å². The summed E-state index contributed by atoms with van der Waals surface area (Å²) >= 11 is 0. The Hall–Kier alpha value is -0.220. The number of carbonyl (C=O) groups is 1. The zero-order valence-electron chi connectivity index (χ0n) is 8.78. The summed E-state index contributed by atoms with van der Waals surface area (Å²) in [5.41, 5.74) is -0.565. The van der Waals surface area contributed by atoms with E-state index in [1.807, 2.05) is 6.92 Å². The van der Waals surface area contributed by atoms with Crippen LogP contribution in [0.3, 0.4) is 0 Å². The van der Waals surface area contributed by atoms with Crippen LogP contribution in [-0.2, 0) is 9.53 Å². The topological polar surface area (TPSA) is 87.0 Å². The fraction of sp³-hybridized carbons (Fsp3) is 0.875. The molecule has 0 aromatic carbocycles. The van der Waals surface area contributed by atoms with Gasteiger partial charge < -0.3 is 0 Å². The molecule has 0 fully saturated rings. The van der Waals surface area contributed by atoms with E-state index in [0.29, 0.717) is 6.42 Å². The molecule has 0 aliphatic carbocycles. The van der Waals surface area contributed by atoms with Crippen molar-refractivity contribution in [3.8, 4) is 0 Å². The van der Waals surface area contributed by atoms with Crippen molar-refractivity contribution in [2.75, 3.05) is 12.8 Å². The molecule has 6 heteroatoms. The van der Waals surface area contributed by atoms with Crippen molar-refractivity contribution in [1.82, 2.24) is 0 Å². The molecule has 0 aliphatic rings. The Morgan fingerprint density at radius 2 is 1.86 bits per heavy atom. The molecule has 0 heterocycles. The van der Waals surface area contributed by atoms with Crippen LogP contribution in [0.25, 0.3) is 0 Å². The molecule has 0 saturated heterocycles. The van der Waals surface area contributed by atoms with Gasteiger partial charge >= 0.3 is 83.5 Å². The van der Waals surface area contributed by atoms with E-state index in [9.17, 15) is 4.79 Å². The molecule has 0 atom stereocenters. The molecule has 5 nitrogen and oxygen atoms in total. The standard InChI is InChI=1S/C8H19O5P/c1-4-8(2,3)7(9)13-5-6-14(10,11)12/h10-12,14H,4-6H2,1-3H3. The third kappa shape index (κ3) is 5.50. The van der Waals surface area contributed by atoms with Gasteiger partial charge in [0, 0.05) is 0 Å². The van der Waals surface area contributed by atoms with Crippen molar-refractivity contribution in [1.29, 1.82) is 0 Å². The third-order valence-corrected chi connectivity index (χ3v) is 2.98. The Kier molecular flexibility index (Phi) is 4.95. The van der Waals surface area contributed by atoms with Crippen molar-refractivity contribution in [2.24, 2.45) is 5.41 Å². The molecule has 0 saturated carbocycles. The SMILES string of the molecule is CCC(C)(C)C(=O)OCC[PH](O)(O)O. The summed E-state index contributed by atoms with van der Waals surface area (Å²) in [6.45, 7) is 5.20. The first kappa shape index (κ1) is 13.8. The summed E-state index contributed by atoms with van der Waals surface area (Å²) in [4.78, 5) is 37.3. The third-order valence-electron chi connectivity index (χ3n) is 2.11. The fourth-order valence-electron chi connectivity index (χ4n) is 0.620. The summed E-state index contributed by atoms with van der Waals surface area (Å²) in [7, 11) is -4.07. The Bertz CT molecular complexity index is 196. The van der Waals surface area contributed by atoms with Crippen LogP contribution in [0.2, 0.25) is 0 Å². The van der Waals surface area contributed by atoms with Crippen molar-refractivity contribution in [3.05, 3.63) is 0 Å². The first-order valence-electron chi connectivity index (χ1n) is 4.53. The summed E-state index contributed by atoms with van der Waals surface area (Å²) in [6, 6.07) is 0. The average Bonchev–Trinajstić information content (AvgIpc) is 2.02. The van der Waals surface area contributed by atoms with E-state index in [1.165, 1.54) is 0 Å². The minimum absolute atomic E-state index is 0.155. The average molecular weight is 226 g/mol. The van der Waals surface area contributed by atoms with Crippen LogP contribution >= 0.6 is 7.94 Å². The van der Waals surface area contributed by atoms with Crippen molar-refractivity contribution in [2.45, 2.75) is 27.2 Å². The quantitative estimate of drug-likeness (QED) is 0.467. The van der Waals surface area contributed by atoms with Gasteiger partial charge in [0.15, 0.2) is 0 Å². The first-order chi connectivity index (χ1) is 6.19. The molecule has 0 rings (SSSR count). The number of hydrogen-bond acceptors (Lipinski definition) is 5. The zero-order valence-corrected chi connectivity index (χ0v) is 9.78. The fourth-order valence-corrected chi connectivity index (χ4v) is 0.996. The van der Waals surface area contributed by atoms with Gasteiger partial charge in [-0.15, -0.1) is 0 Å². The van der Waals surface area contributed by atoms with Gasteiger partial charge in [0.05, 0.1) is 0 Å². The van der Waals surface area contributed by atoms with Crippen LogP contribution in [0.15, 0.2) is 0 Å². The van der Waals surface area contributed by atoms with Gasteiger partial charge in [-0.05, 0) is 0 Å². The molecule has 0 aliphatic heterocycles. The van der Waals surface area contributed by atoms with E-state index in [2.05, 4.69) is 0 Å². The van der Waals surface area contributed by atoms with Crippen molar-refractivity contribution < 1.29 is 24.2 Å². The monoisotopic (exact) mass is 226 g/mol. The zero-order chi connectivity index (χ0) is 11.4. The van der Waals surface area contributed by atoms with Gasteiger partial charge in [-0.25, -0.2) is 0 Å². The van der Waals surface area contributed by atoms with Crippen LogP contribution in [0.1, 0.15) is 27.2 Å². The second-order valence-corrected chi connectivity index (χ2v) is 5.95. The number of esters is 1. The molecule has 0 aromatic rings. The van der Waals surface area contributed by atoms with E-state index >= 15 is 0 Å². The summed E-state index contributed by atoms with van der Waals surface area (Å²) < 4.78 is 4.79. The first-order valence-corrected chi connectivity index (χ1v) is 6.58. The normalized spacial score (nSPS) is 13.9. The Morgan fingerprint density at radius 1 is 1.36 bits per heavy atom. The number of carbonyl (C=O) groups excluding carboxylic acids is 1. The number of ether oxygens (including phenoxy) is 1. The second kappa shape index (κ2) is 5.03. The van der Waals surface area contributed by atoms with E-state index in [4.69, 9.17) is 19.4 Å². The van der Waals surface area contributed by atoms with Gasteiger partial charge in [0.25, 0.3) is 0 Å². The van der Waals surface area contributed by atoms with Crippen molar-refractivity contribution >= 4 is 13.9 Å². The summed E-state index contributed by atoms with van der Waals surface area (Å²) in [6.07, 6.45) is 0.365. The van der Waals surface area contributed by atoms with E-state index < -0.39 is 19.3 Å². The van der Waals surface area contributed by atoms with Gasteiger partial charge in [0.2, 0.25) is 0 Å². The summed E-state index contributed by atoms with van der Waals surface area (Å²) in [5, 5.41) is 0. The maximum absolute atomic E-state index is 11.3. The summed E-state index contributed by atoms with van der Waals surface area (Å²) in [5.74, 6) is -0.391. The molecule has 0 radical (unpaired) electrons. The predicted molar refractivity (Wildman–Crippen MR) is 54.9 cm³/mol. The van der Waals surface area contributed by atoms with Crippen LogP contribution in [0, 0.1) is 5.41 Å². The Morgan fingerprint density at radius 3 is 2.21 bits per heavy atom. The molecule has 0 aromatic heterocycles. The second-order valence-electron chi connectivity index (χ2n) is 3.90.